The second-order valence-corrected chi connectivity index (χ2v) is 4.11. The molecule has 98 valence electrons. The SMILES string of the molecule is Cl.Cl.FC(F)(F)[C@H](C1CC1)N1CCNCC1. The van der Waals surface area contributed by atoms with Crippen molar-refractivity contribution < 1.29 is 13.2 Å². The largest absolute Gasteiger partial charge is 0.404 e. The van der Waals surface area contributed by atoms with Crippen LogP contribution in [0.5, 0.6) is 0 Å². The quantitative estimate of drug-likeness (QED) is 0.833. The van der Waals surface area contributed by atoms with Crippen molar-refractivity contribution in [1.82, 2.24) is 10.2 Å². The molecule has 0 bridgehead atoms. The van der Waals surface area contributed by atoms with E-state index in [-0.39, 0.29) is 30.7 Å². The maximum Gasteiger partial charge on any atom is 0.404 e. The summed E-state index contributed by atoms with van der Waals surface area (Å²) in [5, 5.41) is 3.07. The van der Waals surface area contributed by atoms with Crippen LogP contribution in [0.2, 0.25) is 0 Å². The van der Waals surface area contributed by atoms with Crippen LogP contribution in [0.15, 0.2) is 0 Å². The predicted molar refractivity (Wildman–Crippen MR) is 61.5 cm³/mol. The Hall–Kier alpha value is 0.290. The Balaban J connectivity index is 0.00000112. The second kappa shape index (κ2) is 6.28. The zero-order valence-electron chi connectivity index (χ0n) is 8.79. The third kappa shape index (κ3) is 3.95. The Kier molecular flexibility index (Phi) is 6.40. The minimum atomic E-state index is -4.04. The molecule has 0 amide bonds. The van der Waals surface area contributed by atoms with Crippen LogP contribution in [0.1, 0.15) is 12.8 Å². The van der Waals surface area contributed by atoms with E-state index in [1.807, 2.05) is 0 Å². The van der Waals surface area contributed by atoms with Crippen molar-refractivity contribution in [2.24, 2.45) is 5.92 Å². The van der Waals surface area contributed by atoms with Crippen LogP contribution in [-0.4, -0.2) is 43.3 Å². The van der Waals surface area contributed by atoms with Crippen molar-refractivity contribution in [1.29, 1.82) is 0 Å². The average molecular weight is 281 g/mol. The minimum absolute atomic E-state index is 0. The average Bonchev–Trinajstić information content (AvgIpc) is 2.88. The van der Waals surface area contributed by atoms with E-state index in [9.17, 15) is 13.2 Å². The third-order valence-corrected chi connectivity index (χ3v) is 2.95. The van der Waals surface area contributed by atoms with Gasteiger partial charge in [0, 0.05) is 26.2 Å². The highest BCUT2D eigenvalue weighted by molar-refractivity contribution is 5.85. The summed E-state index contributed by atoms with van der Waals surface area (Å²) in [6, 6.07) is -1.18. The first-order chi connectivity index (χ1) is 6.59. The number of nitrogens with zero attached hydrogens (tertiary/aromatic N) is 1. The maximum absolute atomic E-state index is 12.7. The number of hydrogen-bond donors (Lipinski definition) is 1. The molecule has 1 saturated carbocycles. The van der Waals surface area contributed by atoms with Crippen molar-refractivity contribution in [3.05, 3.63) is 0 Å². The molecule has 0 spiro atoms. The summed E-state index contributed by atoms with van der Waals surface area (Å²) in [4.78, 5) is 1.59. The summed E-state index contributed by atoms with van der Waals surface area (Å²) >= 11 is 0. The van der Waals surface area contributed by atoms with Crippen LogP contribution >= 0.6 is 24.8 Å². The Morgan fingerprint density at radius 2 is 1.56 bits per heavy atom. The Bertz CT molecular complexity index is 203. The third-order valence-electron chi connectivity index (χ3n) is 2.95. The molecular weight excluding hydrogens is 264 g/mol. The molecule has 2 fully saturated rings. The first-order valence-corrected chi connectivity index (χ1v) is 5.10. The highest BCUT2D eigenvalue weighted by atomic mass is 35.5. The van der Waals surface area contributed by atoms with Crippen LogP contribution in [0, 0.1) is 5.92 Å². The predicted octanol–water partition coefficient (Wildman–Crippen LogP) is 2.08. The number of nitrogens with one attached hydrogen (secondary N) is 1. The highest BCUT2D eigenvalue weighted by Crippen LogP contribution is 2.43. The lowest BCUT2D eigenvalue weighted by Crippen LogP contribution is -2.54. The van der Waals surface area contributed by atoms with Crippen LogP contribution in [0.4, 0.5) is 13.2 Å². The molecule has 1 heterocycles. The van der Waals surface area contributed by atoms with Gasteiger partial charge in [0.1, 0.15) is 6.04 Å². The maximum atomic E-state index is 12.7. The van der Waals surface area contributed by atoms with Crippen LogP contribution in [0.3, 0.4) is 0 Å². The number of piperazine rings is 1. The monoisotopic (exact) mass is 280 g/mol. The fourth-order valence-electron chi connectivity index (χ4n) is 2.14. The van der Waals surface area contributed by atoms with Crippen molar-refractivity contribution >= 4 is 24.8 Å². The van der Waals surface area contributed by atoms with Gasteiger partial charge in [0.2, 0.25) is 0 Å². The van der Waals surface area contributed by atoms with E-state index in [1.165, 1.54) is 0 Å². The molecule has 1 atom stereocenters. The molecule has 0 aromatic heterocycles. The minimum Gasteiger partial charge on any atom is -0.314 e. The Morgan fingerprint density at radius 1 is 1.06 bits per heavy atom. The lowest BCUT2D eigenvalue weighted by Gasteiger charge is -2.36. The van der Waals surface area contributed by atoms with Gasteiger partial charge in [0.15, 0.2) is 0 Å². The van der Waals surface area contributed by atoms with Gasteiger partial charge in [-0.15, -0.1) is 24.8 Å². The summed E-state index contributed by atoms with van der Waals surface area (Å²) < 4.78 is 38.2. The molecule has 0 unspecified atom stereocenters. The molecule has 2 aliphatic rings. The molecule has 0 aromatic rings. The molecule has 16 heavy (non-hydrogen) atoms. The van der Waals surface area contributed by atoms with Gasteiger partial charge in [-0.1, -0.05) is 0 Å². The Labute approximate surface area is 106 Å². The fraction of sp³-hybridized carbons (Fsp3) is 1.00. The van der Waals surface area contributed by atoms with E-state index in [2.05, 4.69) is 5.32 Å². The molecule has 1 aliphatic heterocycles. The first kappa shape index (κ1) is 16.3. The summed E-state index contributed by atoms with van der Waals surface area (Å²) in [6.07, 6.45) is -2.55. The fourth-order valence-corrected chi connectivity index (χ4v) is 2.14. The first-order valence-electron chi connectivity index (χ1n) is 5.10. The molecule has 0 radical (unpaired) electrons. The molecular formula is C9H17Cl2F3N2. The summed E-state index contributed by atoms with van der Waals surface area (Å²) in [6.45, 7) is 2.42. The smallest absolute Gasteiger partial charge is 0.314 e. The number of rotatable bonds is 2. The molecule has 1 saturated heterocycles. The van der Waals surface area contributed by atoms with E-state index in [4.69, 9.17) is 0 Å². The van der Waals surface area contributed by atoms with Gasteiger partial charge in [-0.25, -0.2) is 0 Å². The van der Waals surface area contributed by atoms with Crippen LogP contribution in [0.25, 0.3) is 0 Å². The zero-order chi connectivity index (χ0) is 10.2. The van der Waals surface area contributed by atoms with Gasteiger partial charge < -0.3 is 5.32 Å². The van der Waals surface area contributed by atoms with E-state index in [0.717, 1.165) is 12.8 Å². The van der Waals surface area contributed by atoms with Crippen molar-refractivity contribution in [2.75, 3.05) is 26.2 Å². The van der Waals surface area contributed by atoms with Gasteiger partial charge >= 0.3 is 6.18 Å². The van der Waals surface area contributed by atoms with Crippen molar-refractivity contribution in [3.8, 4) is 0 Å². The van der Waals surface area contributed by atoms with Gasteiger partial charge in [0.05, 0.1) is 0 Å². The second-order valence-electron chi connectivity index (χ2n) is 4.11. The van der Waals surface area contributed by atoms with E-state index in [0.29, 0.717) is 26.2 Å². The van der Waals surface area contributed by atoms with Gasteiger partial charge in [-0.2, -0.15) is 13.2 Å². The van der Waals surface area contributed by atoms with Crippen molar-refractivity contribution in [3.63, 3.8) is 0 Å². The van der Waals surface area contributed by atoms with E-state index < -0.39 is 12.2 Å². The topological polar surface area (TPSA) is 15.3 Å². The zero-order valence-corrected chi connectivity index (χ0v) is 10.4. The highest BCUT2D eigenvalue weighted by Gasteiger charge is 2.51. The Morgan fingerprint density at radius 3 is 1.94 bits per heavy atom. The molecule has 7 heteroatoms. The van der Waals surface area contributed by atoms with Crippen LogP contribution < -0.4 is 5.32 Å². The lowest BCUT2D eigenvalue weighted by atomic mass is 10.1. The molecule has 2 nitrogen and oxygen atoms in total. The van der Waals surface area contributed by atoms with Crippen molar-refractivity contribution in [2.45, 2.75) is 25.1 Å². The number of hydrogen-bond acceptors (Lipinski definition) is 2. The van der Waals surface area contributed by atoms with Gasteiger partial charge in [-0.05, 0) is 18.8 Å². The van der Waals surface area contributed by atoms with Gasteiger partial charge in [0.25, 0.3) is 0 Å². The molecule has 0 aromatic carbocycles. The molecule has 1 N–H and O–H groups in total. The van der Waals surface area contributed by atoms with E-state index in [1.54, 1.807) is 4.90 Å². The number of alkyl halides is 3. The summed E-state index contributed by atoms with van der Waals surface area (Å²) in [5.74, 6) is -0.131. The normalized spacial score (nSPS) is 24.2. The van der Waals surface area contributed by atoms with Crippen LogP contribution in [-0.2, 0) is 0 Å². The summed E-state index contributed by atoms with van der Waals surface area (Å²) in [5.41, 5.74) is 0. The molecule has 2 rings (SSSR count). The summed E-state index contributed by atoms with van der Waals surface area (Å²) in [7, 11) is 0. The van der Waals surface area contributed by atoms with Gasteiger partial charge in [-0.3, -0.25) is 4.90 Å². The standard InChI is InChI=1S/C9H15F3N2.2ClH/c10-9(11,12)8(7-1-2-7)14-5-3-13-4-6-14;;/h7-8,13H,1-6H2;2*1H/t8-;;/m0../s1. The molecule has 1 aliphatic carbocycles. The van der Waals surface area contributed by atoms with E-state index >= 15 is 0 Å². The number of halogens is 5. The lowest BCUT2D eigenvalue weighted by molar-refractivity contribution is -0.190.